The van der Waals surface area contributed by atoms with Crippen LogP contribution < -0.4 is 0 Å². The third kappa shape index (κ3) is 6.14. The summed E-state index contributed by atoms with van der Waals surface area (Å²) in [6, 6.07) is 6.77. The van der Waals surface area contributed by atoms with E-state index in [0.29, 0.717) is 19.6 Å². The first kappa shape index (κ1) is 16.6. The third-order valence-electron chi connectivity index (χ3n) is 2.96. The van der Waals surface area contributed by atoms with Crippen LogP contribution in [0.2, 0.25) is 0 Å². The highest BCUT2D eigenvalue weighted by atomic mass is 16.4. The molecule has 0 aliphatic rings. The van der Waals surface area contributed by atoms with E-state index in [1.165, 1.54) is 0 Å². The average molecular weight is 281 g/mol. The zero-order valence-electron chi connectivity index (χ0n) is 12.0. The first-order valence-electron chi connectivity index (χ1n) is 6.79. The second kappa shape index (κ2) is 7.99. The zero-order chi connectivity index (χ0) is 15.1. The van der Waals surface area contributed by atoms with Gasteiger partial charge in [0.25, 0.3) is 0 Å². The Kier molecular flexibility index (Phi) is 6.64. The Morgan fingerprint density at radius 1 is 1.10 bits per heavy atom. The van der Waals surface area contributed by atoms with E-state index in [9.17, 15) is 15.0 Å². The Labute approximate surface area is 119 Å². The van der Waals surface area contributed by atoms with Crippen LogP contribution in [-0.2, 0) is 6.42 Å². The van der Waals surface area contributed by atoms with Gasteiger partial charge in [0.05, 0.1) is 17.8 Å². The van der Waals surface area contributed by atoms with Crippen LogP contribution in [-0.4, -0.2) is 58.0 Å². The summed E-state index contributed by atoms with van der Waals surface area (Å²) in [6.45, 7) is 5.17. The molecule has 3 N–H and O–H groups in total. The molecule has 112 valence electrons. The van der Waals surface area contributed by atoms with Gasteiger partial charge in [-0.3, -0.25) is 4.90 Å². The first-order valence-corrected chi connectivity index (χ1v) is 6.79. The molecule has 0 spiro atoms. The van der Waals surface area contributed by atoms with Gasteiger partial charge in [-0.15, -0.1) is 0 Å². The molecule has 0 bridgehead atoms. The summed E-state index contributed by atoms with van der Waals surface area (Å²) in [5.74, 6) is -0.929. The number of hydrogen-bond donors (Lipinski definition) is 3. The fraction of sp³-hybridized carbons (Fsp3) is 0.533. The smallest absolute Gasteiger partial charge is 0.335 e. The second-order valence-corrected chi connectivity index (χ2v) is 5.21. The molecule has 0 radical (unpaired) electrons. The molecule has 0 aliphatic carbocycles. The number of aliphatic hydroxyl groups is 2. The summed E-state index contributed by atoms with van der Waals surface area (Å²) in [5.41, 5.74) is 1.31. The maximum atomic E-state index is 10.8. The molecule has 0 saturated carbocycles. The Morgan fingerprint density at radius 3 is 2.00 bits per heavy atom. The number of rotatable bonds is 8. The molecule has 0 heterocycles. The highest BCUT2D eigenvalue weighted by molar-refractivity contribution is 5.87. The maximum Gasteiger partial charge on any atom is 0.335 e. The van der Waals surface area contributed by atoms with Crippen LogP contribution in [0.3, 0.4) is 0 Å². The van der Waals surface area contributed by atoms with Crippen LogP contribution in [0.4, 0.5) is 0 Å². The Balaban J connectivity index is 2.55. The molecular weight excluding hydrogens is 258 g/mol. The molecule has 1 rings (SSSR count). The molecule has 5 nitrogen and oxygen atoms in total. The molecule has 1 aromatic carbocycles. The van der Waals surface area contributed by atoms with Crippen molar-refractivity contribution in [2.45, 2.75) is 32.5 Å². The van der Waals surface area contributed by atoms with Gasteiger partial charge in [0.2, 0.25) is 0 Å². The second-order valence-electron chi connectivity index (χ2n) is 5.21. The van der Waals surface area contributed by atoms with Gasteiger partial charge >= 0.3 is 5.97 Å². The van der Waals surface area contributed by atoms with E-state index in [2.05, 4.69) is 0 Å². The minimum absolute atomic E-state index is 0.276. The van der Waals surface area contributed by atoms with Gasteiger partial charge in [0.1, 0.15) is 0 Å². The van der Waals surface area contributed by atoms with Crippen molar-refractivity contribution in [3.63, 3.8) is 0 Å². The quantitative estimate of drug-likeness (QED) is 0.662. The maximum absolute atomic E-state index is 10.8. The van der Waals surface area contributed by atoms with E-state index in [0.717, 1.165) is 12.0 Å². The monoisotopic (exact) mass is 281 g/mol. The van der Waals surface area contributed by atoms with Crippen LogP contribution in [0.15, 0.2) is 24.3 Å². The van der Waals surface area contributed by atoms with Gasteiger partial charge in [-0.25, -0.2) is 4.79 Å². The summed E-state index contributed by atoms with van der Waals surface area (Å²) in [7, 11) is 0. The van der Waals surface area contributed by atoms with Crippen LogP contribution in [0.5, 0.6) is 0 Å². The van der Waals surface area contributed by atoms with Crippen molar-refractivity contribution in [1.82, 2.24) is 4.90 Å². The highest BCUT2D eigenvalue weighted by Gasteiger charge is 2.11. The number of hydrogen-bond acceptors (Lipinski definition) is 4. The van der Waals surface area contributed by atoms with Gasteiger partial charge in [0, 0.05) is 19.6 Å². The molecule has 0 fully saturated rings. The van der Waals surface area contributed by atoms with Crippen molar-refractivity contribution in [1.29, 1.82) is 0 Å². The van der Waals surface area contributed by atoms with Crippen LogP contribution in [0.1, 0.15) is 29.8 Å². The lowest BCUT2D eigenvalue weighted by Gasteiger charge is -2.25. The van der Waals surface area contributed by atoms with E-state index < -0.39 is 18.2 Å². The predicted molar refractivity (Wildman–Crippen MR) is 76.9 cm³/mol. The standard InChI is InChI=1S/C15H23NO4/c1-11(17)9-16(10-12(2)18)8-7-13-3-5-14(6-4-13)15(19)20/h3-6,11-12,17-18H,7-10H2,1-2H3,(H,19,20). The number of aromatic carboxylic acids is 1. The molecule has 0 saturated heterocycles. The van der Waals surface area contributed by atoms with Crippen LogP contribution in [0, 0.1) is 0 Å². The van der Waals surface area contributed by atoms with E-state index in [1.54, 1.807) is 38.1 Å². The molecule has 5 heteroatoms. The van der Waals surface area contributed by atoms with Crippen LogP contribution in [0.25, 0.3) is 0 Å². The summed E-state index contributed by atoms with van der Waals surface area (Å²) < 4.78 is 0. The van der Waals surface area contributed by atoms with Crippen molar-refractivity contribution in [3.05, 3.63) is 35.4 Å². The summed E-state index contributed by atoms with van der Waals surface area (Å²) in [6.07, 6.45) is -0.134. The highest BCUT2D eigenvalue weighted by Crippen LogP contribution is 2.07. The molecule has 0 aliphatic heterocycles. The van der Waals surface area contributed by atoms with Gasteiger partial charge in [0.15, 0.2) is 0 Å². The van der Waals surface area contributed by atoms with Gasteiger partial charge in [-0.2, -0.15) is 0 Å². The Bertz CT molecular complexity index is 404. The lowest BCUT2D eigenvalue weighted by Crippen LogP contribution is -2.37. The summed E-state index contributed by atoms with van der Waals surface area (Å²) >= 11 is 0. The average Bonchev–Trinajstić information content (AvgIpc) is 2.35. The number of carboxylic acids is 1. The van der Waals surface area contributed by atoms with Crippen LogP contribution >= 0.6 is 0 Å². The molecule has 0 amide bonds. The molecular formula is C15H23NO4. The van der Waals surface area contributed by atoms with Crippen molar-refractivity contribution in [2.75, 3.05) is 19.6 Å². The van der Waals surface area contributed by atoms with Crippen molar-refractivity contribution in [3.8, 4) is 0 Å². The number of nitrogens with zero attached hydrogens (tertiary/aromatic N) is 1. The number of carbonyl (C=O) groups is 1. The minimum Gasteiger partial charge on any atom is -0.478 e. The fourth-order valence-electron chi connectivity index (χ4n) is 2.11. The number of carboxylic acid groups (broad SMARTS) is 1. The van der Waals surface area contributed by atoms with Crippen molar-refractivity contribution in [2.24, 2.45) is 0 Å². The van der Waals surface area contributed by atoms with Crippen molar-refractivity contribution >= 4 is 5.97 Å². The molecule has 2 atom stereocenters. The number of benzene rings is 1. The summed E-state index contributed by atoms with van der Waals surface area (Å²) in [4.78, 5) is 12.8. The lowest BCUT2D eigenvalue weighted by molar-refractivity contribution is 0.0696. The van der Waals surface area contributed by atoms with E-state index >= 15 is 0 Å². The zero-order valence-corrected chi connectivity index (χ0v) is 12.0. The fourth-order valence-corrected chi connectivity index (χ4v) is 2.11. The SMILES string of the molecule is CC(O)CN(CCc1ccc(C(=O)O)cc1)CC(C)O. The van der Waals surface area contributed by atoms with E-state index in [1.807, 2.05) is 4.90 Å². The minimum atomic E-state index is -0.929. The first-order chi connectivity index (χ1) is 9.38. The summed E-state index contributed by atoms with van der Waals surface area (Å²) in [5, 5.41) is 27.7. The normalized spacial score (nSPS) is 14.2. The van der Waals surface area contributed by atoms with Gasteiger partial charge in [-0.1, -0.05) is 12.1 Å². The Morgan fingerprint density at radius 2 is 1.60 bits per heavy atom. The Hall–Kier alpha value is -1.43. The van der Waals surface area contributed by atoms with E-state index in [4.69, 9.17) is 5.11 Å². The van der Waals surface area contributed by atoms with E-state index in [-0.39, 0.29) is 5.56 Å². The molecule has 2 unspecified atom stereocenters. The third-order valence-corrected chi connectivity index (χ3v) is 2.96. The number of aliphatic hydroxyl groups excluding tert-OH is 2. The lowest BCUT2D eigenvalue weighted by atomic mass is 10.1. The molecule has 0 aromatic heterocycles. The van der Waals surface area contributed by atoms with Crippen molar-refractivity contribution < 1.29 is 20.1 Å². The predicted octanol–water partition coefficient (Wildman–Crippen LogP) is 0.991. The van der Waals surface area contributed by atoms with Gasteiger partial charge in [-0.05, 0) is 38.0 Å². The molecule has 20 heavy (non-hydrogen) atoms. The largest absolute Gasteiger partial charge is 0.478 e. The van der Waals surface area contributed by atoms with Gasteiger partial charge < -0.3 is 15.3 Å². The molecule has 1 aromatic rings. The topological polar surface area (TPSA) is 81.0 Å².